The monoisotopic (exact) mass is 740 g/mol. The first-order valence-electron chi connectivity index (χ1n) is 18.4. The van der Waals surface area contributed by atoms with Gasteiger partial charge in [0.25, 0.3) is 0 Å². The Balaban J connectivity index is 0.000000511. The van der Waals surface area contributed by atoms with Crippen molar-refractivity contribution in [1.29, 1.82) is 0 Å². The molecule has 0 aliphatic rings. The van der Waals surface area contributed by atoms with Crippen LogP contribution in [0.2, 0.25) is 0 Å². The number of hydrogen-bond acceptors (Lipinski definition) is 0. The maximum absolute atomic E-state index is 3.60. The minimum atomic E-state index is 0. The van der Waals surface area contributed by atoms with E-state index in [1.165, 1.54) is 100 Å². The molecule has 0 aliphatic heterocycles. The van der Waals surface area contributed by atoms with Crippen molar-refractivity contribution in [3.8, 4) is 22.3 Å². The van der Waals surface area contributed by atoms with E-state index in [2.05, 4.69) is 175 Å². The van der Waals surface area contributed by atoms with E-state index in [9.17, 15) is 0 Å². The van der Waals surface area contributed by atoms with Crippen molar-refractivity contribution in [2.45, 2.75) is 66.2 Å². The molecule has 0 saturated carbocycles. The van der Waals surface area contributed by atoms with Crippen LogP contribution in [0.25, 0.3) is 65.3 Å². The van der Waals surface area contributed by atoms with Crippen molar-refractivity contribution in [2.24, 2.45) is 0 Å². The smallest absolute Gasteiger partial charge is 0.343 e. The maximum Gasteiger partial charge on any atom is 4.00 e. The summed E-state index contributed by atoms with van der Waals surface area (Å²) in [5.41, 5.74) is 11.0. The molecule has 0 unspecified atom stereocenters. The Kier molecular flexibility index (Phi) is 13.4. The fourth-order valence-electron chi connectivity index (χ4n) is 7.36. The van der Waals surface area contributed by atoms with Crippen molar-refractivity contribution in [2.75, 3.05) is 0 Å². The summed E-state index contributed by atoms with van der Waals surface area (Å²) in [6, 6.07) is 49.4. The summed E-state index contributed by atoms with van der Waals surface area (Å²) in [7, 11) is 0. The quantitative estimate of drug-likeness (QED) is 0.143. The Bertz CT molecular complexity index is 2160. The second kappa shape index (κ2) is 17.9. The van der Waals surface area contributed by atoms with Crippen molar-refractivity contribution in [3.05, 3.63) is 170 Å². The van der Waals surface area contributed by atoms with Crippen molar-refractivity contribution in [1.82, 2.24) is 0 Å². The van der Waals surface area contributed by atoms with Crippen LogP contribution in [0.5, 0.6) is 0 Å². The minimum Gasteiger partial charge on any atom is -0.343 e. The Morgan fingerprint density at radius 3 is 1.22 bits per heavy atom. The number of unbranched alkanes of at least 4 members (excludes halogenated alkanes) is 2. The van der Waals surface area contributed by atoms with Crippen LogP contribution >= 0.6 is 0 Å². The first-order valence-corrected chi connectivity index (χ1v) is 18.4. The van der Waals surface area contributed by atoms with E-state index < -0.39 is 0 Å². The van der Waals surface area contributed by atoms with Gasteiger partial charge in [0.1, 0.15) is 0 Å². The van der Waals surface area contributed by atoms with E-state index in [1.54, 1.807) is 0 Å². The number of fused-ring (bicyclic) bond motifs is 4. The van der Waals surface area contributed by atoms with Gasteiger partial charge < -0.3 is 13.8 Å². The zero-order valence-corrected chi connectivity index (χ0v) is 33.3. The van der Waals surface area contributed by atoms with Gasteiger partial charge in [-0.1, -0.05) is 160 Å². The van der Waals surface area contributed by atoms with Gasteiger partial charge in [-0.15, -0.1) is 80.2 Å². The van der Waals surface area contributed by atoms with Crippen molar-refractivity contribution in [3.63, 3.8) is 0 Å². The van der Waals surface area contributed by atoms with Crippen molar-refractivity contribution >= 4 is 43.1 Å². The van der Waals surface area contributed by atoms with Gasteiger partial charge in [-0.05, 0) is 34.4 Å². The topological polar surface area (TPSA) is 0 Å². The SMILES string of the molecule is Cc1[cH-]c2cccc(CCc3cccc4[cH-]c(C)c(-c5cccc6ccccc56)c34)c2c1-c1cccc2ccccc12.[CH2-]CCC.[CH2-]CCC.[Zr+4]. The van der Waals surface area contributed by atoms with Gasteiger partial charge in [-0.2, -0.15) is 12.8 Å². The third kappa shape index (κ3) is 8.06. The summed E-state index contributed by atoms with van der Waals surface area (Å²) >= 11 is 0. The molecule has 8 aromatic carbocycles. The number of aryl methyl sites for hydroxylation is 4. The maximum atomic E-state index is 3.60. The standard InChI is InChI=1S/C42H32.2C4H9.Zr/c1-27-25-33-17-7-15-31(41(33)39(27)37-21-9-13-29-11-3-5-19-35(29)37)23-24-32-16-8-18-34-26-28(2)40(42(32)34)38-22-10-14-30-12-4-6-20-36(30)38;2*1-3-4-2;/h3-22,25-26H,23-24H2,1-2H3;2*1,3-4H2,2H3;/q-2;2*-1;+4. The first-order chi connectivity index (χ1) is 24.5. The molecule has 8 rings (SSSR count). The molecule has 1 heteroatoms. The van der Waals surface area contributed by atoms with Crippen LogP contribution in [0.15, 0.2) is 133 Å². The Hall–Kier alpha value is -4.06. The van der Waals surface area contributed by atoms with Crippen LogP contribution in [-0.4, -0.2) is 0 Å². The molecule has 0 radical (unpaired) electrons. The normalized spacial score (nSPS) is 10.9. The second-order valence-electron chi connectivity index (χ2n) is 13.4. The molecule has 0 spiro atoms. The Morgan fingerprint density at radius 1 is 0.471 bits per heavy atom. The zero-order chi connectivity index (χ0) is 35.0. The molecule has 0 bridgehead atoms. The Labute approximate surface area is 325 Å². The molecule has 0 nitrogen and oxygen atoms in total. The van der Waals surface area contributed by atoms with Crippen LogP contribution in [-0.2, 0) is 39.0 Å². The van der Waals surface area contributed by atoms with Gasteiger partial charge in [0, 0.05) is 0 Å². The summed E-state index contributed by atoms with van der Waals surface area (Å²) < 4.78 is 0. The van der Waals surface area contributed by atoms with Crippen LogP contribution in [0, 0.1) is 27.7 Å². The molecular formula is C50H50Zr. The van der Waals surface area contributed by atoms with Crippen molar-refractivity contribution < 1.29 is 26.2 Å². The molecule has 0 heterocycles. The summed E-state index contributed by atoms with van der Waals surface area (Å²) in [4.78, 5) is 0. The van der Waals surface area contributed by atoms with Gasteiger partial charge in [0.2, 0.25) is 0 Å². The summed E-state index contributed by atoms with van der Waals surface area (Å²) in [6.45, 7) is 16.0. The molecule has 0 N–H and O–H groups in total. The molecule has 254 valence electrons. The van der Waals surface area contributed by atoms with E-state index in [1.807, 2.05) is 0 Å². The van der Waals surface area contributed by atoms with E-state index >= 15 is 0 Å². The van der Waals surface area contributed by atoms with E-state index in [4.69, 9.17) is 0 Å². The van der Waals surface area contributed by atoms with Crippen LogP contribution < -0.4 is 0 Å². The average Bonchev–Trinajstić information content (AvgIpc) is 3.69. The molecule has 0 atom stereocenters. The third-order valence-corrected chi connectivity index (χ3v) is 9.89. The summed E-state index contributed by atoms with van der Waals surface area (Å²) in [5, 5.41) is 10.7. The fraction of sp³-hybridized carbons (Fsp3) is 0.200. The van der Waals surface area contributed by atoms with E-state index in [0.717, 1.165) is 25.7 Å². The van der Waals surface area contributed by atoms with Crippen LogP contribution in [0.1, 0.15) is 61.8 Å². The van der Waals surface area contributed by atoms with E-state index in [-0.39, 0.29) is 26.2 Å². The van der Waals surface area contributed by atoms with Crippen LogP contribution in [0.4, 0.5) is 0 Å². The number of benzene rings is 6. The molecule has 0 aromatic heterocycles. The first kappa shape index (κ1) is 38.2. The predicted octanol–water partition coefficient (Wildman–Crippen LogP) is 14.7. The molecule has 0 fully saturated rings. The molecule has 0 saturated heterocycles. The van der Waals surface area contributed by atoms with Gasteiger partial charge in [-0.3, -0.25) is 0 Å². The number of rotatable bonds is 7. The van der Waals surface area contributed by atoms with Crippen LogP contribution in [0.3, 0.4) is 0 Å². The predicted molar refractivity (Wildman–Crippen MR) is 222 cm³/mol. The molecular weight excluding hydrogens is 692 g/mol. The van der Waals surface area contributed by atoms with Gasteiger partial charge in [0.15, 0.2) is 0 Å². The molecule has 0 aliphatic carbocycles. The largest absolute Gasteiger partial charge is 4.00 e. The summed E-state index contributed by atoms with van der Waals surface area (Å²) in [6.07, 6.45) is 6.55. The van der Waals surface area contributed by atoms with Gasteiger partial charge >= 0.3 is 26.2 Å². The van der Waals surface area contributed by atoms with Gasteiger partial charge in [0.05, 0.1) is 0 Å². The Morgan fingerprint density at radius 2 is 0.824 bits per heavy atom. The minimum absolute atomic E-state index is 0. The van der Waals surface area contributed by atoms with E-state index in [0.29, 0.717) is 0 Å². The fourth-order valence-corrected chi connectivity index (χ4v) is 7.36. The third-order valence-electron chi connectivity index (χ3n) is 9.89. The molecule has 8 aromatic rings. The molecule has 0 amide bonds. The molecule has 51 heavy (non-hydrogen) atoms. The summed E-state index contributed by atoms with van der Waals surface area (Å²) in [5.74, 6) is 0. The zero-order valence-electron chi connectivity index (χ0n) is 30.9. The second-order valence-corrected chi connectivity index (χ2v) is 13.4. The average molecular weight is 742 g/mol. The number of hydrogen-bond donors (Lipinski definition) is 0. The van der Waals surface area contributed by atoms with Gasteiger partial charge in [-0.25, -0.2) is 0 Å².